The quantitative estimate of drug-likeness (QED) is 0.475. The van der Waals surface area contributed by atoms with Gasteiger partial charge in [0.05, 0.1) is 0 Å². The van der Waals surface area contributed by atoms with Crippen LogP contribution in [0.15, 0.2) is 30.3 Å². The first-order valence-electron chi connectivity index (χ1n) is 5.08. The van der Waals surface area contributed by atoms with E-state index in [1.54, 1.807) is 12.1 Å². The summed E-state index contributed by atoms with van der Waals surface area (Å²) in [5, 5.41) is 0. The van der Waals surface area contributed by atoms with Crippen LogP contribution in [-0.2, 0) is 4.79 Å². The van der Waals surface area contributed by atoms with E-state index in [0.717, 1.165) is 12.8 Å². The molecule has 0 aromatic heterocycles. The lowest BCUT2D eigenvalue weighted by molar-refractivity contribution is -0.137. The van der Waals surface area contributed by atoms with Crippen LogP contribution >= 0.6 is 15.9 Å². The van der Waals surface area contributed by atoms with Gasteiger partial charge in [0.15, 0.2) is 0 Å². The molecule has 0 radical (unpaired) electrons. The zero-order valence-electron chi connectivity index (χ0n) is 9.00. The maximum atomic E-state index is 11.8. The minimum absolute atomic E-state index is 0.223. The molecule has 0 spiro atoms. The molecular weight excluding hydrogens is 256 g/mol. The summed E-state index contributed by atoms with van der Waals surface area (Å²) in [6, 6.07) is 9.12. The summed E-state index contributed by atoms with van der Waals surface area (Å²) in [6.45, 7) is 3.93. The van der Waals surface area contributed by atoms with Gasteiger partial charge in [-0.3, -0.25) is 4.79 Å². The van der Waals surface area contributed by atoms with Crippen LogP contribution in [0.2, 0.25) is 0 Å². The van der Waals surface area contributed by atoms with Gasteiger partial charge in [-0.15, -0.1) is 0 Å². The van der Waals surface area contributed by atoms with Crippen molar-refractivity contribution in [2.24, 2.45) is 0 Å². The van der Waals surface area contributed by atoms with Gasteiger partial charge in [0.2, 0.25) is 0 Å². The number of alkyl halides is 1. The Bertz CT molecular complexity index is 318. The maximum absolute atomic E-state index is 11.8. The highest BCUT2D eigenvalue weighted by molar-refractivity contribution is 9.10. The third-order valence-electron chi connectivity index (χ3n) is 2.44. The highest BCUT2D eigenvalue weighted by atomic mass is 79.9. The standard InChI is InChI=1S/C12H15BrO2/c1-3-12(13,4-2)11(14)15-10-8-6-5-7-9-10/h5-9H,3-4H2,1-2H3. The van der Waals surface area contributed by atoms with Crippen LogP contribution in [0.3, 0.4) is 0 Å². The molecule has 0 aliphatic rings. The Morgan fingerprint density at radius 1 is 1.27 bits per heavy atom. The lowest BCUT2D eigenvalue weighted by Crippen LogP contribution is -2.34. The number of hydrogen-bond donors (Lipinski definition) is 0. The van der Waals surface area contributed by atoms with Crippen LogP contribution in [0.4, 0.5) is 0 Å². The third-order valence-corrected chi connectivity index (χ3v) is 3.89. The van der Waals surface area contributed by atoms with Gasteiger partial charge >= 0.3 is 5.97 Å². The van der Waals surface area contributed by atoms with Crippen molar-refractivity contribution in [1.82, 2.24) is 0 Å². The normalized spacial score (nSPS) is 11.1. The van der Waals surface area contributed by atoms with E-state index in [1.807, 2.05) is 32.0 Å². The van der Waals surface area contributed by atoms with Crippen LogP contribution < -0.4 is 4.74 Å². The summed E-state index contributed by atoms with van der Waals surface area (Å²) in [4.78, 5) is 11.8. The van der Waals surface area contributed by atoms with Gasteiger partial charge in [0, 0.05) is 0 Å². The predicted octanol–water partition coefficient (Wildman–Crippen LogP) is 3.55. The molecule has 0 saturated heterocycles. The molecule has 0 aliphatic heterocycles. The Kier molecular flexibility index (Phi) is 4.33. The second kappa shape index (κ2) is 5.31. The van der Waals surface area contributed by atoms with Crippen molar-refractivity contribution in [1.29, 1.82) is 0 Å². The van der Waals surface area contributed by atoms with E-state index < -0.39 is 4.32 Å². The summed E-state index contributed by atoms with van der Waals surface area (Å²) in [5.74, 6) is 0.368. The fourth-order valence-electron chi connectivity index (χ4n) is 1.23. The molecular formula is C12H15BrO2. The van der Waals surface area contributed by atoms with E-state index in [-0.39, 0.29) is 5.97 Å². The topological polar surface area (TPSA) is 26.3 Å². The van der Waals surface area contributed by atoms with Crippen LogP contribution in [0.1, 0.15) is 26.7 Å². The van der Waals surface area contributed by atoms with Crippen molar-refractivity contribution < 1.29 is 9.53 Å². The van der Waals surface area contributed by atoms with Crippen molar-refractivity contribution in [3.8, 4) is 5.75 Å². The van der Waals surface area contributed by atoms with Gasteiger partial charge in [0.1, 0.15) is 10.1 Å². The van der Waals surface area contributed by atoms with E-state index in [2.05, 4.69) is 15.9 Å². The molecule has 1 aromatic carbocycles. The van der Waals surface area contributed by atoms with Gasteiger partial charge in [-0.1, -0.05) is 48.0 Å². The molecule has 0 atom stereocenters. The van der Waals surface area contributed by atoms with Gasteiger partial charge in [0.25, 0.3) is 0 Å². The Balaban J connectivity index is 2.71. The van der Waals surface area contributed by atoms with Gasteiger partial charge < -0.3 is 4.74 Å². The zero-order valence-corrected chi connectivity index (χ0v) is 10.6. The van der Waals surface area contributed by atoms with Crippen LogP contribution in [0, 0.1) is 0 Å². The number of para-hydroxylation sites is 1. The highest BCUT2D eigenvalue weighted by Crippen LogP contribution is 2.28. The summed E-state index contributed by atoms with van der Waals surface area (Å²) in [7, 11) is 0. The molecule has 0 N–H and O–H groups in total. The first kappa shape index (κ1) is 12.2. The molecule has 0 fully saturated rings. The second-order valence-corrected chi connectivity index (χ2v) is 4.89. The van der Waals surface area contributed by atoms with E-state index in [0.29, 0.717) is 5.75 Å². The number of carbonyl (C=O) groups excluding carboxylic acids is 1. The van der Waals surface area contributed by atoms with Crippen LogP contribution in [0.5, 0.6) is 5.75 Å². The van der Waals surface area contributed by atoms with E-state index >= 15 is 0 Å². The summed E-state index contributed by atoms with van der Waals surface area (Å²) in [6.07, 6.45) is 1.43. The fraction of sp³-hybridized carbons (Fsp3) is 0.417. The minimum Gasteiger partial charge on any atom is -0.426 e. The average molecular weight is 271 g/mol. The minimum atomic E-state index is -0.553. The molecule has 3 heteroatoms. The van der Waals surface area contributed by atoms with E-state index in [4.69, 9.17) is 4.74 Å². The number of halogens is 1. The molecule has 0 amide bonds. The molecule has 2 nitrogen and oxygen atoms in total. The SMILES string of the molecule is CCC(Br)(CC)C(=O)Oc1ccccc1. The Labute approximate surface area is 98.8 Å². The van der Waals surface area contributed by atoms with Crippen molar-refractivity contribution in [2.75, 3.05) is 0 Å². The van der Waals surface area contributed by atoms with Gasteiger partial charge in [-0.05, 0) is 25.0 Å². The monoisotopic (exact) mass is 270 g/mol. The van der Waals surface area contributed by atoms with Crippen LogP contribution in [0.25, 0.3) is 0 Å². The third kappa shape index (κ3) is 3.06. The molecule has 0 heterocycles. The molecule has 1 rings (SSSR count). The molecule has 0 unspecified atom stereocenters. The van der Waals surface area contributed by atoms with E-state index in [9.17, 15) is 4.79 Å². The number of ether oxygens (including phenoxy) is 1. The Morgan fingerprint density at radius 2 is 1.80 bits per heavy atom. The number of carbonyl (C=O) groups is 1. The molecule has 82 valence electrons. The lowest BCUT2D eigenvalue weighted by Gasteiger charge is -2.21. The number of hydrogen-bond acceptors (Lipinski definition) is 2. The largest absolute Gasteiger partial charge is 0.426 e. The fourth-order valence-corrected chi connectivity index (χ4v) is 1.31. The van der Waals surface area contributed by atoms with Crippen molar-refractivity contribution >= 4 is 21.9 Å². The predicted molar refractivity (Wildman–Crippen MR) is 64.3 cm³/mol. The van der Waals surface area contributed by atoms with Crippen molar-refractivity contribution in [3.63, 3.8) is 0 Å². The first-order chi connectivity index (χ1) is 7.12. The molecule has 1 aromatic rings. The highest BCUT2D eigenvalue weighted by Gasteiger charge is 2.33. The van der Waals surface area contributed by atoms with Crippen molar-refractivity contribution in [2.45, 2.75) is 31.0 Å². The molecule has 0 aliphatic carbocycles. The summed E-state index contributed by atoms with van der Waals surface area (Å²) in [5.41, 5.74) is 0. The summed E-state index contributed by atoms with van der Waals surface area (Å²) < 4.78 is 4.72. The molecule has 0 bridgehead atoms. The number of rotatable bonds is 4. The smallest absolute Gasteiger partial charge is 0.328 e. The van der Waals surface area contributed by atoms with Crippen molar-refractivity contribution in [3.05, 3.63) is 30.3 Å². The van der Waals surface area contributed by atoms with Crippen LogP contribution in [-0.4, -0.2) is 10.3 Å². The second-order valence-electron chi connectivity index (χ2n) is 3.37. The molecule has 15 heavy (non-hydrogen) atoms. The number of esters is 1. The van der Waals surface area contributed by atoms with Gasteiger partial charge in [-0.2, -0.15) is 0 Å². The first-order valence-corrected chi connectivity index (χ1v) is 5.88. The summed E-state index contributed by atoms with van der Waals surface area (Å²) >= 11 is 3.43. The zero-order chi connectivity index (χ0) is 11.3. The Morgan fingerprint density at radius 3 is 2.27 bits per heavy atom. The number of benzene rings is 1. The molecule has 0 saturated carbocycles. The van der Waals surface area contributed by atoms with E-state index in [1.165, 1.54) is 0 Å². The average Bonchev–Trinajstić information content (AvgIpc) is 2.29. The Hall–Kier alpha value is -0.830. The lowest BCUT2D eigenvalue weighted by atomic mass is 10.0. The van der Waals surface area contributed by atoms with Gasteiger partial charge in [-0.25, -0.2) is 0 Å². The maximum Gasteiger partial charge on any atom is 0.328 e.